The molecule has 140 valence electrons. The second-order valence-electron chi connectivity index (χ2n) is 5.85. The van der Waals surface area contributed by atoms with Crippen LogP contribution in [-0.2, 0) is 4.79 Å². The summed E-state index contributed by atoms with van der Waals surface area (Å²) in [6.45, 7) is 0. The molecule has 1 amide bonds. The van der Waals surface area contributed by atoms with E-state index in [9.17, 15) is 22.8 Å². The van der Waals surface area contributed by atoms with Crippen LogP contribution in [0.5, 0.6) is 0 Å². The number of carbonyl (C=O) groups excluding carboxylic acids is 1. The van der Waals surface area contributed by atoms with Crippen LogP contribution in [0.15, 0.2) is 51.8 Å². The number of benzene rings is 2. The third-order valence-corrected chi connectivity index (χ3v) is 4.76. The van der Waals surface area contributed by atoms with Crippen molar-refractivity contribution in [3.05, 3.63) is 84.5 Å². The summed E-state index contributed by atoms with van der Waals surface area (Å²) in [4.78, 5) is 30.4. The molecule has 0 atom stereocenters. The Morgan fingerprint density at radius 1 is 1.07 bits per heavy atom. The smallest absolute Gasteiger partial charge is 0.306 e. The highest BCUT2D eigenvalue weighted by Crippen LogP contribution is 2.26. The number of aromatic nitrogens is 1. The van der Waals surface area contributed by atoms with Crippen LogP contribution in [0.4, 0.5) is 24.7 Å². The predicted octanol–water partition coefficient (Wildman–Crippen LogP) is 2.62. The summed E-state index contributed by atoms with van der Waals surface area (Å²) in [6.07, 6.45) is 3.08. The second-order valence-corrected chi connectivity index (χ2v) is 6.87. The van der Waals surface area contributed by atoms with Gasteiger partial charge < -0.3 is 5.32 Å². The summed E-state index contributed by atoms with van der Waals surface area (Å²) < 4.78 is 39.9. The summed E-state index contributed by atoms with van der Waals surface area (Å²) in [6, 6.07) is 8.59. The topological polar surface area (TPSA) is 74.3 Å². The number of para-hydroxylation sites is 1. The number of nitrogens with zero attached hydrogens (tertiary/aromatic N) is 1. The van der Waals surface area contributed by atoms with Crippen LogP contribution in [-0.4, -0.2) is 10.9 Å². The van der Waals surface area contributed by atoms with Gasteiger partial charge in [-0.15, -0.1) is 0 Å². The number of carbonyl (C=O) groups is 1. The molecule has 2 N–H and O–H groups in total. The third-order valence-electron chi connectivity index (χ3n) is 3.93. The standard InChI is InChI=1S/C19H10F3N3O2S/c20-12-7-11(8-13(21)16(12)22)23-17-15(28-19(27)25-17)6-10-5-9-3-1-2-4-14(9)24-18(10)26/h1-8,23H,(H,25,27)/b10-6-. The van der Waals surface area contributed by atoms with E-state index in [0.717, 1.165) is 28.7 Å². The summed E-state index contributed by atoms with van der Waals surface area (Å²) in [5.74, 6) is -4.69. The SMILES string of the molecule is O=C1N=c2ccccc2=C/C1=C/c1sc(=O)[nH]c1Nc1cc(F)c(F)c(F)c1. The first kappa shape index (κ1) is 17.9. The second kappa shape index (κ2) is 6.93. The maximum Gasteiger partial charge on any atom is 0.306 e. The molecule has 1 aliphatic rings. The lowest BCUT2D eigenvalue weighted by molar-refractivity contribution is -0.114. The molecule has 1 aromatic heterocycles. The van der Waals surface area contributed by atoms with Gasteiger partial charge in [0.1, 0.15) is 5.82 Å². The summed E-state index contributed by atoms with van der Waals surface area (Å²) >= 11 is 0.797. The van der Waals surface area contributed by atoms with Gasteiger partial charge in [0.2, 0.25) is 0 Å². The van der Waals surface area contributed by atoms with Crippen molar-refractivity contribution in [1.82, 2.24) is 4.98 Å². The van der Waals surface area contributed by atoms with E-state index in [1.807, 2.05) is 0 Å². The maximum absolute atomic E-state index is 13.4. The van der Waals surface area contributed by atoms with Crippen molar-refractivity contribution in [2.45, 2.75) is 0 Å². The van der Waals surface area contributed by atoms with E-state index in [0.29, 0.717) is 10.2 Å². The lowest BCUT2D eigenvalue weighted by Gasteiger charge is -2.07. The van der Waals surface area contributed by atoms with Gasteiger partial charge in [0.25, 0.3) is 5.91 Å². The molecule has 0 saturated carbocycles. The quantitative estimate of drug-likeness (QED) is 0.524. The van der Waals surface area contributed by atoms with Crippen LogP contribution in [0.3, 0.4) is 0 Å². The average molecular weight is 401 g/mol. The molecule has 0 spiro atoms. The van der Waals surface area contributed by atoms with Crippen molar-refractivity contribution in [2.75, 3.05) is 5.32 Å². The Kier molecular flexibility index (Phi) is 4.44. The van der Waals surface area contributed by atoms with Crippen LogP contribution >= 0.6 is 11.3 Å². The lowest BCUT2D eigenvalue weighted by atomic mass is 10.1. The van der Waals surface area contributed by atoms with Crippen LogP contribution in [0.1, 0.15) is 4.88 Å². The number of nitrogens with one attached hydrogen (secondary N) is 2. The molecule has 9 heteroatoms. The van der Waals surface area contributed by atoms with Crippen molar-refractivity contribution in [3.63, 3.8) is 0 Å². The van der Waals surface area contributed by atoms with E-state index in [1.165, 1.54) is 6.08 Å². The van der Waals surface area contributed by atoms with E-state index in [2.05, 4.69) is 15.3 Å². The molecule has 2 aromatic carbocycles. The fraction of sp³-hybridized carbons (Fsp3) is 0. The lowest BCUT2D eigenvalue weighted by Crippen LogP contribution is -2.29. The van der Waals surface area contributed by atoms with Crippen LogP contribution in [0, 0.1) is 17.5 Å². The minimum atomic E-state index is -1.59. The number of hydrogen-bond donors (Lipinski definition) is 2. The van der Waals surface area contributed by atoms with Crippen molar-refractivity contribution in [3.8, 4) is 0 Å². The number of hydrogen-bond acceptors (Lipinski definition) is 4. The number of aromatic amines is 1. The first-order valence-electron chi connectivity index (χ1n) is 7.97. The molecule has 0 saturated heterocycles. The van der Waals surface area contributed by atoms with Crippen molar-refractivity contribution in [1.29, 1.82) is 0 Å². The zero-order chi connectivity index (χ0) is 19.8. The fourth-order valence-corrected chi connectivity index (χ4v) is 3.41. The Morgan fingerprint density at radius 3 is 2.54 bits per heavy atom. The Morgan fingerprint density at radius 2 is 1.79 bits per heavy atom. The number of anilines is 2. The molecule has 28 heavy (non-hydrogen) atoms. The van der Waals surface area contributed by atoms with Gasteiger partial charge in [-0.3, -0.25) is 14.6 Å². The Labute approximate surface area is 159 Å². The zero-order valence-electron chi connectivity index (χ0n) is 13.9. The van der Waals surface area contributed by atoms with Gasteiger partial charge in [-0.05, 0) is 18.2 Å². The molecule has 5 nitrogen and oxygen atoms in total. The van der Waals surface area contributed by atoms with Gasteiger partial charge in [0.05, 0.1) is 10.2 Å². The molecule has 4 rings (SSSR count). The largest absolute Gasteiger partial charge is 0.340 e. The van der Waals surface area contributed by atoms with Gasteiger partial charge in [-0.1, -0.05) is 29.5 Å². The highest BCUT2D eigenvalue weighted by molar-refractivity contribution is 7.10. The normalized spacial score (nSPS) is 14.4. The Balaban J connectivity index is 1.75. The van der Waals surface area contributed by atoms with E-state index < -0.39 is 28.2 Å². The molecule has 0 radical (unpaired) electrons. The molecular weight excluding hydrogens is 391 g/mol. The molecular formula is C19H10F3N3O2S. The molecule has 2 heterocycles. The first-order valence-corrected chi connectivity index (χ1v) is 8.78. The molecule has 0 bridgehead atoms. The minimum Gasteiger partial charge on any atom is -0.340 e. The highest BCUT2D eigenvalue weighted by Gasteiger charge is 2.15. The van der Waals surface area contributed by atoms with E-state index >= 15 is 0 Å². The van der Waals surface area contributed by atoms with E-state index in [1.54, 1.807) is 30.3 Å². The Bertz CT molecular complexity index is 1300. The van der Waals surface area contributed by atoms with Crippen LogP contribution in [0.25, 0.3) is 12.2 Å². The number of H-pyrrole nitrogens is 1. The number of rotatable bonds is 3. The first-order chi connectivity index (χ1) is 13.4. The summed E-state index contributed by atoms with van der Waals surface area (Å²) in [7, 11) is 0. The van der Waals surface area contributed by atoms with Crippen molar-refractivity contribution >= 4 is 40.9 Å². The van der Waals surface area contributed by atoms with Crippen molar-refractivity contribution < 1.29 is 18.0 Å². The Hall–Kier alpha value is -3.46. The van der Waals surface area contributed by atoms with Gasteiger partial charge >= 0.3 is 4.87 Å². The summed E-state index contributed by atoms with van der Waals surface area (Å²) in [5, 5.41) is 3.92. The van der Waals surface area contributed by atoms with Crippen LogP contribution < -0.4 is 20.8 Å². The van der Waals surface area contributed by atoms with Crippen molar-refractivity contribution in [2.24, 2.45) is 4.99 Å². The van der Waals surface area contributed by atoms with Gasteiger partial charge in [0, 0.05) is 28.6 Å². The average Bonchev–Trinajstić information content (AvgIpc) is 2.99. The van der Waals surface area contributed by atoms with E-state index in [-0.39, 0.29) is 17.1 Å². The zero-order valence-corrected chi connectivity index (χ0v) is 14.7. The summed E-state index contributed by atoms with van der Waals surface area (Å²) in [5.41, 5.74) is 0.146. The van der Waals surface area contributed by atoms with Gasteiger partial charge in [-0.25, -0.2) is 18.2 Å². The monoisotopic (exact) mass is 401 g/mol. The van der Waals surface area contributed by atoms with Gasteiger partial charge in [-0.2, -0.15) is 0 Å². The molecule has 1 aliphatic heterocycles. The van der Waals surface area contributed by atoms with E-state index in [4.69, 9.17) is 0 Å². The number of thiazole rings is 1. The molecule has 0 fully saturated rings. The van der Waals surface area contributed by atoms with Crippen LogP contribution in [0.2, 0.25) is 0 Å². The minimum absolute atomic E-state index is 0.0981. The maximum atomic E-state index is 13.4. The fourth-order valence-electron chi connectivity index (χ4n) is 2.67. The highest BCUT2D eigenvalue weighted by atomic mass is 32.1. The number of halogens is 3. The number of fused-ring (bicyclic) bond motifs is 1. The molecule has 0 aliphatic carbocycles. The van der Waals surface area contributed by atoms with Gasteiger partial charge in [0.15, 0.2) is 17.5 Å². The molecule has 3 aromatic rings. The predicted molar refractivity (Wildman–Crippen MR) is 99.2 cm³/mol. The number of amides is 1. The third kappa shape index (κ3) is 3.39. The molecule has 0 unspecified atom stereocenters.